The first-order valence-corrected chi connectivity index (χ1v) is 19.5. The molecule has 59 heavy (non-hydrogen) atoms. The van der Waals surface area contributed by atoms with E-state index in [1.54, 1.807) is 13.0 Å². The van der Waals surface area contributed by atoms with Gasteiger partial charge in [-0.15, -0.1) is 0 Å². The van der Waals surface area contributed by atoms with Crippen LogP contribution in [0, 0.1) is 10.8 Å². The van der Waals surface area contributed by atoms with Gasteiger partial charge in [-0.2, -0.15) is 0 Å². The summed E-state index contributed by atoms with van der Waals surface area (Å²) < 4.78 is 16.8. The fourth-order valence-electron chi connectivity index (χ4n) is 8.32. The number of amides is 5. The van der Waals surface area contributed by atoms with Crippen LogP contribution in [0.5, 0.6) is 0 Å². The predicted octanol–water partition coefficient (Wildman–Crippen LogP) is 2.59. The number of nitrogens with one attached hydrogen (secondary N) is 3. The van der Waals surface area contributed by atoms with E-state index in [1.807, 2.05) is 55.5 Å². The van der Waals surface area contributed by atoms with E-state index in [0.717, 1.165) is 27.8 Å². The van der Waals surface area contributed by atoms with Gasteiger partial charge in [-0.3, -0.25) is 24.0 Å². The standard InChI is InChI=1S/C43H51N5O11/c1-25-36-31(37(53)42(4,56)43(25)15-16-43)19-41(3,24-58-26(2)49)38(36)59-40(55)48(6)18-17-47(5)35(52)22-45-33(50)20-44-34(51)21-46-39(54)57-23-32-29-13-9-7-11-27(29)28-12-8-10-14-30(28)32/h7-14,19,32,38,56H,15-18,20-24H2,1-6H3,(H,44,51)(H,45,50)(H,46,54). The zero-order chi connectivity index (χ0) is 42.9. The molecule has 4 aliphatic carbocycles. The number of alkyl carbamates (subject to hydrolysis) is 1. The number of fused-ring (bicyclic) bond motifs is 4. The summed E-state index contributed by atoms with van der Waals surface area (Å²) in [4.78, 5) is 91.3. The van der Waals surface area contributed by atoms with Crippen LogP contribution in [0.1, 0.15) is 57.6 Å². The Balaban J connectivity index is 0.912. The molecule has 4 N–H and O–H groups in total. The normalized spacial score (nSPS) is 22.0. The number of hydrogen-bond donors (Lipinski definition) is 4. The fraction of sp³-hybridized carbons (Fsp3) is 0.465. The van der Waals surface area contributed by atoms with Crippen LogP contribution in [-0.2, 0) is 38.2 Å². The lowest BCUT2D eigenvalue weighted by Crippen LogP contribution is -2.50. The molecular weight excluding hydrogens is 762 g/mol. The molecule has 1 saturated carbocycles. The molecule has 3 unspecified atom stereocenters. The van der Waals surface area contributed by atoms with Gasteiger partial charge < -0.3 is 45.1 Å². The van der Waals surface area contributed by atoms with E-state index < -0.39 is 77.3 Å². The zero-order valence-electron chi connectivity index (χ0n) is 34.1. The van der Waals surface area contributed by atoms with Gasteiger partial charge >= 0.3 is 18.2 Å². The summed E-state index contributed by atoms with van der Waals surface area (Å²) in [7, 11) is 2.98. The fourth-order valence-corrected chi connectivity index (χ4v) is 8.32. The van der Waals surface area contributed by atoms with Crippen molar-refractivity contribution in [2.24, 2.45) is 10.8 Å². The summed E-state index contributed by atoms with van der Waals surface area (Å²) in [6.45, 7) is 5.11. The maximum absolute atomic E-state index is 13.6. The summed E-state index contributed by atoms with van der Waals surface area (Å²) in [6, 6.07) is 15.8. The quantitative estimate of drug-likeness (QED) is 0.161. The molecule has 0 radical (unpaired) electrons. The summed E-state index contributed by atoms with van der Waals surface area (Å²) in [5.41, 5.74) is 2.33. The lowest BCUT2D eigenvalue weighted by Gasteiger charge is -2.40. The van der Waals surface area contributed by atoms with Gasteiger partial charge in [0.15, 0.2) is 5.78 Å². The molecule has 0 aliphatic heterocycles. The lowest BCUT2D eigenvalue weighted by molar-refractivity contribution is -0.145. The highest BCUT2D eigenvalue weighted by atomic mass is 16.6. The molecule has 2 aromatic carbocycles. The Morgan fingerprint density at radius 2 is 1.37 bits per heavy atom. The van der Waals surface area contributed by atoms with E-state index in [9.17, 15) is 38.7 Å². The average Bonchev–Trinajstić information content (AvgIpc) is 3.91. The maximum atomic E-state index is 13.6. The number of carbonyl (C=O) groups is 7. The SMILES string of the molecule is CC(=O)OCC1(C)C=C2C(=O)C(C)(O)C3(CC3)C(C)=C2C1OC(=O)N(C)CCN(C)C(=O)CNC(=O)CNC(=O)CNC(=O)OCC1c2ccccc2-c2ccccc21. The molecule has 6 rings (SSSR count). The highest BCUT2D eigenvalue weighted by Gasteiger charge is 2.67. The van der Waals surface area contributed by atoms with Gasteiger partial charge in [0.1, 0.15) is 31.5 Å². The first kappa shape index (κ1) is 42.6. The molecule has 0 heterocycles. The van der Waals surface area contributed by atoms with E-state index in [4.69, 9.17) is 14.2 Å². The van der Waals surface area contributed by atoms with Gasteiger partial charge in [-0.25, -0.2) is 9.59 Å². The average molecular weight is 814 g/mol. The maximum Gasteiger partial charge on any atom is 0.410 e. The third-order valence-electron chi connectivity index (χ3n) is 12.0. The first-order valence-electron chi connectivity index (χ1n) is 19.5. The van der Waals surface area contributed by atoms with Crippen LogP contribution >= 0.6 is 0 Å². The summed E-state index contributed by atoms with van der Waals surface area (Å²) in [6.07, 6.45) is 0.323. The minimum atomic E-state index is -1.62. The summed E-state index contributed by atoms with van der Waals surface area (Å²) >= 11 is 0. The number of aliphatic hydroxyl groups is 1. The van der Waals surface area contributed by atoms with Crippen molar-refractivity contribution < 1.29 is 52.9 Å². The smallest absolute Gasteiger partial charge is 0.410 e. The molecule has 0 aromatic heterocycles. The second-order valence-electron chi connectivity index (χ2n) is 16.1. The Labute approximate surface area is 342 Å². The number of hydrogen-bond acceptors (Lipinski definition) is 11. The Kier molecular flexibility index (Phi) is 12.0. The lowest BCUT2D eigenvalue weighted by atomic mass is 9.67. The van der Waals surface area contributed by atoms with Crippen molar-refractivity contribution in [2.75, 3.05) is 60.0 Å². The molecule has 0 saturated heterocycles. The van der Waals surface area contributed by atoms with Crippen molar-refractivity contribution in [2.45, 2.75) is 58.2 Å². The molecule has 2 aromatic rings. The van der Waals surface area contributed by atoms with Crippen LogP contribution in [0.3, 0.4) is 0 Å². The largest absolute Gasteiger partial charge is 0.465 e. The Bertz CT molecular complexity index is 2090. The van der Waals surface area contributed by atoms with Gasteiger partial charge in [0.25, 0.3) is 0 Å². The molecule has 3 atom stereocenters. The zero-order valence-corrected chi connectivity index (χ0v) is 34.1. The summed E-state index contributed by atoms with van der Waals surface area (Å²) in [5.74, 6) is -2.88. The molecular formula is C43H51N5O11. The van der Waals surface area contributed by atoms with Gasteiger partial charge in [0.2, 0.25) is 17.7 Å². The van der Waals surface area contributed by atoms with Crippen molar-refractivity contribution in [3.05, 3.63) is 82.5 Å². The number of nitrogens with zero attached hydrogens (tertiary/aromatic N) is 2. The Hall–Kier alpha value is -6.03. The van der Waals surface area contributed by atoms with Crippen LogP contribution in [0.4, 0.5) is 9.59 Å². The van der Waals surface area contributed by atoms with Crippen molar-refractivity contribution in [3.8, 4) is 11.1 Å². The number of ether oxygens (including phenoxy) is 3. The van der Waals surface area contributed by atoms with Crippen LogP contribution < -0.4 is 16.0 Å². The highest BCUT2D eigenvalue weighted by molar-refractivity contribution is 6.09. The number of carbonyl (C=O) groups excluding carboxylic acids is 7. The molecule has 16 heteroatoms. The second-order valence-corrected chi connectivity index (χ2v) is 16.1. The van der Waals surface area contributed by atoms with Gasteiger partial charge in [-0.05, 0) is 55.9 Å². The van der Waals surface area contributed by atoms with E-state index in [1.165, 1.54) is 37.7 Å². The molecule has 1 fully saturated rings. The minimum Gasteiger partial charge on any atom is -0.465 e. The van der Waals surface area contributed by atoms with Gasteiger partial charge in [0.05, 0.1) is 18.5 Å². The number of likely N-dealkylation sites (N-methyl/N-ethyl adjacent to an activating group) is 2. The van der Waals surface area contributed by atoms with Crippen LogP contribution in [0.15, 0.2) is 71.3 Å². The predicted molar refractivity (Wildman–Crippen MR) is 212 cm³/mol. The van der Waals surface area contributed by atoms with Crippen LogP contribution in [0.25, 0.3) is 11.1 Å². The van der Waals surface area contributed by atoms with Crippen LogP contribution in [-0.4, -0.2) is 128 Å². The van der Waals surface area contributed by atoms with E-state index >= 15 is 0 Å². The third kappa shape index (κ3) is 8.44. The number of benzene rings is 2. The van der Waals surface area contributed by atoms with Crippen molar-refractivity contribution in [3.63, 3.8) is 0 Å². The Morgan fingerprint density at radius 1 is 0.814 bits per heavy atom. The number of esters is 1. The summed E-state index contributed by atoms with van der Waals surface area (Å²) in [5, 5.41) is 18.5. The monoisotopic (exact) mass is 813 g/mol. The number of Topliss-reactive ketones (excluding diaryl/α,β-unsaturated/α-hetero) is 1. The highest BCUT2D eigenvalue weighted by Crippen LogP contribution is 2.66. The molecule has 5 amide bonds. The van der Waals surface area contributed by atoms with Gasteiger partial charge in [-0.1, -0.05) is 60.2 Å². The van der Waals surface area contributed by atoms with Gasteiger partial charge in [0, 0.05) is 56.6 Å². The molecule has 1 spiro atoms. The third-order valence-corrected chi connectivity index (χ3v) is 12.0. The number of ketones is 1. The molecule has 0 bridgehead atoms. The van der Waals surface area contributed by atoms with Crippen molar-refractivity contribution in [1.82, 2.24) is 25.8 Å². The minimum absolute atomic E-state index is 0.0467. The molecule has 314 valence electrons. The Morgan fingerprint density at radius 3 is 1.97 bits per heavy atom. The number of rotatable bonds is 14. The van der Waals surface area contributed by atoms with E-state index in [0.29, 0.717) is 18.4 Å². The molecule has 4 aliphatic rings. The first-order chi connectivity index (χ1) is 27.9. The van der Waals surface area contributed by atoms with Crippen molar-refractivity contribution in [1.29, 1.82) is 0 Å². The van der Waals surface area contributed by atoms with Crippen molar-refractivity contribution >= 4 is 41.7 Å². The van der Waals surface area contributed by atoms with E-state index in [-0.39, 0.29) is 44.3 Å². The molecule has 16 nitrogen and oxygen atoms in total. The second kappa shape index (κ2) is 16.7. The van der Waals surface area contributed by atoms with Crippen LogP contribution in [0.2, 0.25) is 0 Å². The van der Waals surface area contributed by atoms with E-state index in [2.05, 4.69) is 16.0 Å². The topological polar surface area (TPSA) is 210 Å².